The van der Waals surface area contributed by atoms with Gasteiger partial charge in [-0.1, -0.05) is 12.8 Å². The van der Waals surface area contributed by atoms with Crippen molar-refractivity contribution in [1.29, 1.82) is 0 Å². The number of hydrogen-bond acceptors (Lipinski definition) is 7. The molecule has 7 nitrogen and oxygen atoms in total. The summed E-state index contributed by atoms with van der Waals surface area (Å²) in [5, 5.41) is 27.3. The van der Waals surface area contributed by atoms with Crippen LogP contribution >= 0.6 is 0 Å². The van der Waals surface area contributed by atoms with E-state index in [0.29, 0.717) is 6.04 Å². The van der Waals surface area contributed by atoms with Gasteiger partial charge in [-0.2, -0.15) is 0 Å². The molecular weight excluding hydrogens is 411 g/mol. The fourth-order valence-corrected chi connectivity index (χ4v) is 1.20. The largest absolute Gasteiger partial charge is 2.00 e. The van der Waals surface area contributed by atoms with Gasteiger partial charge in [-0.05, 0) is 12.8 Å². The van der Waals surface area contributed by atoms with Crippen LogP contribution in [0, 0.1) is 0 Å². The van der Waals surface area contributed by atoms with Crippen molar-refractivity contribution in [2.75, 3.05) is 0 Å². The molecule has 0 aromatic rings. The molecule has 17 heavy (non-hydrogen) atoms. The number of rotatable bonds is 3. The van der Waals surface area contributed by atoms with E-state index in [0.717, 1.165) is 0 Å². The van der Waals surface area contributed by atoms with Crippen molar-refractivity contribution in [3.63, 3.8) is 0 Å². The second kappa shape index (κ2) is 12.0. The van der Waals surface area contributed by atoms with E-state index in [1.807, 2.05) is 0 Å². The van der Waals surface area contributed by atoms with E-state index in [9.17, 15) is 19.8 Å². The zero-order chi connectivity index (χ0) is 11.8. The van der Waals surface area contributed by atoms with E-state index in [-0.39, 0.29) is 27.2 Å². The smallest absolute Gasteiger partial charge is 0.550 e. The minimum absolute atomic E-state index is 0. The van der Waals surface area contributed by atoms with Crippen molar-refractivity contribution in [2.45, 2.75) is 44.2 Å². The molecule has 0 aliphatic heterocycles. The second-order valence-electron chi connectivity index (χ2n) is 3.46. The maximum absolute atomic E-state index is 9.58. The van der Waals surface area contributed by atoms with Crippen LogP contribution < -0.4 is 22.1 Å². The van der Waals surface area contributed by atoms with Crippen LogP contribution in [-0.2, 0) is 30.7 Å². The van der Waals surface area contributed by atoms with Gasteiger partial charge in [-0.15, -0.1) is 0 Å². The molecule has 0 radical (unpaired) electrons. The molecule has 1 rings (SSSR count). The average molecular weight is 429 g/mol. The Balaban J connectivity index is -0.000000216. The maximum Gasteiger partial charge on any atom is 2.00 e. The molecule has 1 unspecified atom stereocenters. The number of aliphatic hydroxyl groups excluding tert-OH is 1. The summed E-state index contributed by atoms with van der Waals surface area (Å²) in [5.74, 6) is -3.43. The average Bonchev–Trinajstić information content (AvgIpc) is 2.55. The zero-order valence-corrected chi connectivity index (χ0v) is 11.6. The summed E-state index contributed by atoms with van der Waals surface area (Å²) in [7, 11) is 0. The molecule has 1 saturated carbocycles. The van der Waals surface area contributed by atoms with Crippen molar-refractivity contribution >= 4 is 11.9 Å². The Morgan fingerprint density at radius 1 is 1.29 bits per heavy atom. The summed E-state index contributed by atoms with van der Waals surface area (Å²) < 4.78 is 0. The Kier molecular flexibility index (Phi) is 15.3. The van der Waals surface area contributed by atoms with Gasteiger partial charge >= 0.3 is 21.1 Å². The van der Waals surface area contributed by atoms with Crippen molar-refractivity contribution < 1.29 is 46.0 Å². The first kappa shape index (κ1) is 21.8. The number of carbonyl (C=O) groups excluding carboxylic acids is 2. The van der Waals surface area contributed by atoms with E-state index >= 15 is 0 Å². The maximum atomic E-state index is 9.58. The van der Waals surface area contributed by atoms with Gasteiger partial charge < -0.3 is 36.8 Å². The summed E-state index contributed by atoms with van der Waals surface area (Å²) in [4.78, 5) is 19.1. The molecule has 0 aromatic heterocycles. The SMILES string of the molecule is N.NC1CCCC1.O=C([O-])CC(O)C(=O)[O-].[Pt+2]. The number of aliphatic hydroxyl groups is 1. The Hall–Kier alpha value is -0.492. The molecule has 1 atom stereocenters. The summed E-state index contributed by atoms with van der Waals surface area (Å²) in [6, 6.07) is 0.546. The Bertz CT molecular complexity index is 221. The van der Waals surface area contributed by atoms with Crippen LogP contribution in [0.4, 0.5) is 0 Å². The normalized spacial score (nSPS) is 15.6. The fourth-order valence-electron chi connectivity index (χ4n) is 1.20. The second-order valence-corrected chi connectivity index (χ2v) is 3.46. The number of aliphatic carboxylic acids is 2. The molecule has 1 aliphatic rings. The predicted molar refractivity (Wildman–Crippen MR) is 52.1 cm³/mol. The number of nitrogens with two attached hydrogens (primary N) is 1. The minimum atomic E-state index is -1.96. The molecule has 0 saturated heterocycles. The third-order valence-electron chi connectivity index (χ3n) is 2.03. The first-order chi connectivity index (χ1) is 6.93. The Morgan fingerprint density at radius 2 is 1.71 bits per heavy atom. The fraction of sp³-hybridized carbons (Fsp3) is 0.778. The standard InChI is InChI=1S/C5H11N.C4H6O5.H3N.Pt/c6-5-3-1-2-4-5;5-2(4(8)9)1-3(6)7;;/h5H,1-4,6H2;2,5H,1H2,(H,6,7)(H,8,9);1H3;/q;;;+2/p-2. The summed E-state index contributed by atoms with van der Waals surface area (Å²) >= 11 is 0. The quantitative estimate of drug-likeness (QED) is 0.439. The van der Waals surface area contributed by atoms with Gasteiger partial charge in [0.05, 0.1) is 12.1 Å². The van der Waals surface area contributed by atoms with Crippen LogP contribution in [0.25, 0.3) is 0 Å². The van der Waals surface area contributed by atoms with Crippen LogP contribution in [0.5, 0.6) is 0 Å². The molecule has 1 fully saturated rings. The van der Waals surface area contributed by atoms with Crippen LogP contribution in [0.2, 0.25) is 0 Å². The van der Waals surface area contributed by atoms with Crippen LogP contribution in [0.1, 0.15) is 32.1 Å². The Labute approximate surface area is 114 Å². The summed E-state index contributed by atoms with van der Waals surface area (Å²) in [6.45, 7) is 0. The van der Waals surface area contributed by atoms with Gasteiger partial charge in [0.1, 0.15) is 0 Å². The van der Waals surface area contributed by atoms with Crippen molar-refractivity contribution in [3.05, 3.63) is 0 Å². The van der Waals surface area contributed by atoms with Gasteiger partial charge in [-0.3, -0.25) is 0 Å². The van der Waals surface area contributed by atoms with Crippen LogP contribution in [0.15, 0.2) is 0 Å². The molecule has 0 amide bonds. The van der Waals surface area contributed by atoms with Crippen molar-refractivity contribution in [1.82, 2.24) is 6.15 Å². The van der Waals surface area contributed by atoms with Gasteiger partial charge in [0.2, 0.25) is 0 Å². The third kappa shape index (κ3) is 13.4. The first-order valence-electron chi connectivity index (χ1n) is 4.78. The molecular formula is C9H18N2O5Pt. The first-order valence-corrected chi connectivity index (χ1v) is 4.78. The summed E-state index contributed by atoms with van der Waals surface area (Å²) in [5.41, 5.74) is 5.53. The van der Waals surface area contributed by atoms with E-state index in [1.165, 1.54) is 25.7 Å². The molecule has 0 spiro atoms. The van der Waals surface area contributed by atoms with E-state index in [4.69, 9.17) is 10.8 Å². The van der Waals surface area contributed by atoms with E-state index in [2.05, 4.69) is 0 Å². The number of carboxylic acids is 2. The third-order valence-corrected chi connectivity index (χ3v) is 2.03. The number of carboxylic acid groups (broad SMARTS) is 2. The van der Waals surface area contributed by atoms with Crippen LogP contribution in [-0.4, -0.2) is 29.2 Å². The molecule has 6 N–H and O–H groups in total. The van der Waals surface area contributed by atoms with Gasteiger partial charge in [-0.25, -0.2) is 0 Å². The monoisotopic (exact) mass is 429 g/mol. The van der Waals surface area contributed by atoms with E-state index < -0.39 is 24.5 Å². The van der Waals surface area contributed by atoms with Crippen molar-refractivity contribution in [3.8, 4) is 0 Å². The number of hydrogen-bond donors (Lipinski definition) is 3. The van der Waals surface area contributed by atoms with Crippen molar-refractivity contribution in [2.24, 2.45) is 5.73 Å². The Morgan fingerprint density at radius 3 is 1.82 bits per heavy atom. The van der Waals surface area contributed by atoms with Gasteiger partial charge in [0.25, 0.3) is 0 Å². The van der Waals surface area contributed by atoms with E-state index in [1.54, 1.807) is 0 Å². The molecule has 8 heteroatoms. The zero-order valence-electron chi connectivity index (χ0n) is 9.37. The molecule has 0 bridgehead atoms. The molecule has 0 heterocycles. The van der Waals surface area contributed by atoms with Crippen LogP contribution in [0.3, 0.4) is 0 Å². The predicted octanol–water partition coefficient (Wildman–Crippen LogP) is -2.72. The number of carbonyl (C=O) groups is 2. The minimum Gasteiger partial charge on any atom is -0.550 e. The van der Waals surface area contributed by atoms with Gasteiger partial charge in [0.15, 0.2) is 0 Å². The topological polar surface area (TPSA) is 162 Å². The summed E-state index contributed by atoms with van der Waals surface area (Å²) in [6.07, 6.45) is 2.36. The van der Waals surface area contributed by atoms with Gasteiger partial charge in [0, 0.05) is 18.4 Å². The molecule has 104 valence electrons. The molecule has 1 aliphatic carbocycles. The molecule has 0 aromatic carbocycles.